The summed E-state index contributed by atoms with van der Waals surface area (Å²) in [5, 5.41) is 0.0527. The molecule has 0 amide bonds. The van der Waals surface area contributed by atoms with E-state index in [0.29, 0.717) is 23.5 Å². The molecule has 1 aliphatic rings. The highest BCUT2D eigenvalue weighted by atomic mass is 35.5. The number of sulfone groups is 1. The fraction of sp³-hybridized carbons (Fsp3) is 0.364. The first kappa shape index (κ1) is 12.6. The van der Waals surface area contributed by atoms with Crippen LogP contribution >= 0.6 is 11.6 Å². The Bertz CT molecular complexity index is 754. The molecule has 0 atom stereocenters. The van der Waals surface area contributed by atoms with Gasteiger partial charge in [0.25, 0.3) is 0 Å². The number of imidazole rings is 1. The molecule has 0 radical (unpaired) electrons. The minimum atomic E-state index is -3.33. The molecule has 0 aliphatic carbocycles. The van der Waals surface area contributed by atoms with Crippen LogP contribution in [-0.2, 0) is 22.8 Å². The van der Waals surface area contributed by atoms with Crippen molar-refractivity contribution in [2.45, 2.75) is 24.8 Å². The van der Waals surface area contributed by atoms with Gasteiger partial charge < -0.3 is 4.57 Å². The predicted molar refractivity (Wildman–Crippen MR) is 69.7 cm³/mol. The third-order valence-corrected chi connectivity index (χ3v) is 5.03. The highest BCUT2D eigenvalue weighted by Crippen LogP contribution is 2.33. The number of halogens is 1. The van der Waals surface area contributed by atoms with Crippen molar-refractivity contribution >= 4 is 21.4 Å². The van der Waals surface area contributed by atoms with Crippen LogP contribution in [0.3, 0.4) is 0 Å². The molecular formula is C11H11ClN4O2S. The summed E-state index contributed by atoms with van der Waals surface area (Å²) in [6.07, 6.45) is 3.77. The SMILES string of the molecule is CCn1cnc(-c2nc(Cl)nc3c2S(=O)(=O)CC3)c1. The van der Waals surface area contributed by atoms with Crippen LogP contribution in [0.5, 0.6) is 0 Å². The lowest BCUT2D eigenvalue weighted by Crippen LogP contribution is -2.03. The summed E-state index contributed by atoms with van der Waals surface area (Å²) in [5.74, 6) is 0.0544. The Morgan fingerprint density at radius 1 is 1.42 bits per heavy atom. The molecule has 0 spiro atoms. The largest absolute Gasteiger partial charge is 0.337 e. The number of aryl methyl sites for hydroxylation is 2. The number of hydrogen-bond acceptors (Lipinski definition) is 5. The highest BCUT2D eigenvalue weighted by molar-refractivity contribution is 7.91. The highest BCUT2D eigenvalue weighted by Gasteiger charge is 2.33. The molecule has 2 aromatic heterocycles. The van der Waals surface area contributed by atoms with Crippen LogP contribution in [0.4, 0.5) is 0 Å². The molecule has 1 aliphatic heterocycles. The minimum absolute atomic E-state index is 0.0527. The van der Waals surface area contributed by atoms with E-state index in [1.165, 1.54) is 0 Å². The van der Waals surface area contributed by atoms with Crippen LogP contribution < -0.4 is 0 Å². The van der Waals surface area contributed by atoms with Crippen molar-refractivity contribution in [2.24, 2.45) is 0 Å². The van der Waals surface area contributed by atoms with Gasteiger partial charge in [-0.3, -0.25) is 0 Å². The van der Waals surface area contributed by atoms with Crippen LogP contribution in [-0.4, -0.2) is 33.7 Å². The van der Waals surface area contributed by atoms with Gasteiger partial charge in [0.05, 0.1) is 17.8 Å². The molecule has 0 aromatic carbocycles. The van der Waals surface area contributed by atoms with Crippen LogP contribution in [0.1, 0.15) is 12.6 Å². The van der Waals surface area contributed by atoms with Crippen molar-refractivity contribution in [2.75, 3.05) is 5.75 Å². The van der Waals surface area contributed by atoms with E-state index >= 15 is 0 Å². The predicted octanol–water partition coefficient (Wildman–Crippen LogP) is 1.34. The lowest BCUT2D eigenvalue weighted by Gasteiger charge is -2.04. The Hall–Kier alpha value is -1.47. The zero-order valence-corrected chi connectivity index (χ0v) is 11.7. The quantitative estimate of drug-likeness (QED) is 0.782. The lowest BCUT2D eigenvalue weighted by atomic mass is 10.2. The topological polar surface area (TPSA) is 77.7 Å². The molecule has 0 N–H and O–H groups in total. The first-order chi connectivity index (χ1) is 9.01. The maximum Gasteiger partial charge on any atom is 0.223 e. The standard InChI is InChI=1S/C11H11ClN4O2S/c1-2-16-5-8(13-6-16)9-10-7(14-11(12)15-9)3-4-19(10,17)18/h5-6H,2-4H2,1H3. The summed E-state index contributed by atoms with van der Waals surface area (Å²) >= 11 is 5.86. The summed E-state index contributed by atoms with van der Waals surface area (Å²) in [4.78, 5) is 12.4. The van der Waals surface area contributed by atoms with Crippen molar-refractivity contribution in [3.63, 3.8) is 0 Å². The Kier molecular flexibility index (Phi) is 2.83. The lowest BCUT2D eigenvalue weighted by molar-refractivity contribution is 0.600. The average molecular weight is 299 g/mol. The third-order valence-electron chi connectivity index (χ3n) is 3.07. The van der Waals surface area contributed by atoms with E-state index in [1.807, 2.05) is 11.5 Å². The monoisotopic (exact) mass is 298 g/mol. The van der Waals surface area contributed by atoms with Crippen molar-refractivity contribution in [3.05, 3.63) is 23.5 Å². The van der Waals surface area contributed by atoms with Crippen molar-refractivity contribution in [1.82, 2.24) is 19.5 Å². The van der Waals surface area contributed by atoms with Gasteiger partial charge in [0.15, 0.2) is 9.84 Å². The molecule has 19 heavy (non-hydrogen) atoms. The summed E-state index contributed by atoms with van der Waals surface area (Å²) in [5.41, 5.74) is 1.30. The van der Waals surface area contributed by atoms with E-state index in [1.54, 1.807) is 12.5 Å². The van der Waals surface area contributed by atoms with E-state index in [-0.39, 0.29) is 15.9 Å². The van der Waals surface area contributed by atoms with Crippen LogP contribution in [0.15, 0.2) is 17.4 Å². The van der Waals surface area contributed by atoms with Gasteiger partial charge in [0.1, 0.15) is 16.3 Å². The fourth-order valence-electron chi connectivity index (χ4n) is 2.13. The number of hydrogen-bond donors (Lipinski definition) is 0. The van der Waals surface area contributed by atoms with E-state index in [2.05, 4.69) is 15.0 Å². The van der Waals surface area contributed by atoms with Gasteiger partial charge in [0.2, 0.25) is 5.28 Å². The Morgan fingerprint density at radius 2 is 2.21 bits per heavy atom. The zero-order valence-electron chi connectivity index (χ0n) is 10.2. The second kappa shape index (κ2) is 4.28. The minimum Gasteiger partial charge on any atom is -0.337 e. The third kappa shape index (κ3) is 2.02. The Labute approximate surface area is 115 Å². The average Bonchev–Trinajstić information content (AvgIpc) is 2.94. The molecule has 0 unspecified atom stereocenters. The second-order valence-corrected chi connectivity index (χ2v) is 6.66. The summed E-state index contributed by atoms with van der Waals surface area (Å²) in [7, 11) is -3.33. The first-order valence-electron chi connectivity index (χ1n) is 5.82. The maximum atomic E-state index is 12.1. The molecule has 100 valence electrons. The summed E-state index contributed by atoms with van der Waals surface area (Å²) in [6, 6.07) is 0. The van der Waals surface area contributed by atoms with E-state index in [0.717, 1.165) is 6.54 Å². The Morgan fingerprint density at radius 3 is 2.89 bits per heavy atom. The number of nitrogens with zero attached hydrogens (tertiary/aromatic N) is 4. The Balaban J connectivity index is 2.27. The van der Waals surface area contributed by atoms with Crippen molar-refractivity contribution in [3.8, 4) is 11.4 Å². The molecule has 6 nitrogen and oxygen atoms in total. The van der Waals surface area contributed by atoms with Gasteiger partial charge in [-0.15, -0.1) is 0 Å². The van der Waals surface area contributed by atoms with Gasteiger partial charge in [-0.05, 0) is 18.5 Å². The fourth-order valence-corrected chi connectivity index (χ4v) is 3.93. The molecule has 3 rings (SSSR count). The summed E-state index contributed by atoms with van der Waals surface area (Å²) < 4.78 is 26.0. The number of aromatic nitrogens is 4. The molecule has 0 saturated carbocycles. The molecule has 0 bridgehead atoms. The molecule has 0 saturated heterocycles. The first-order valence-corrected chi connectivity index (χ1v) is 7.85. The van der Waals surface area contributed by atoms with Crippen molar-refractivity contribution in [1.29, 1.82) is 0 Å². The van der Waals surface area contributed by atoms with Gasteiger partial charge >= 0.3 is 0 Å². The molecule has 3 heterocycles. The van der Waals surface area contributed by atoms with Crippen LogP contribution in [0.2, 0.25) is 5.28 Å². The van der Waals surface area contributed by atoms with Crippen molar-refractivity contribution < 1.29 is 8.42 Å². The molecule has 0 fully saturated rings. The molecule has 2 aromatic rings. The normalized spacial score (nSPS) is 16.5. The van der Waals surface area contributed by atoms with Gasteiger partial charge in [-0.2, -0.15) is 0 Å². The smallest absolute Gasteiger partial charge is 0.223 e. The summed E-state index contributed by atoms with van der Waals surface area (Å²) in [6.45, 7) is 2.72. The second-order valence-electron chi connectivity index (χ2n) is 4.28. The number of rotatable bonds is 2. The van der Waals surface area contributed by atoms with Gasteiger partial charge in [-0.1, -0.05) is 0 Å². The van der Waals surface area contributed by atoms with E-state index in [4.69, 9.17) is 11.6 Å². The van der Waals surface area contributed by atoms with E-state index in [9.17, 15) is 8.42 Å². The van der Waals surface area contributed by atoms with Crippen LogP contribution in [0, 0.1) is 0 Å². The van der Waals surface area contributed by atoms with Gasteiger partial charge in [0, 0.05) is 19.2 Å². The van der Waals surface area contributed by atoms with E-state index < -0.39 is 9.84 Å². The molecular weight excluding hydrogens is 288 g/mol. The number of fused-ring (bicyclic) bond motifs is 1. The van der Waals surface area contributed by atoms with Crippen LogP contribution in [0.25, 0.3) is 11.4 Å². The van der Waals surface area contributed by atoms with Gasteiger partial charge in [-0.25, -0.2) is 23.4 Å². The zero-order chi connectivity index (χ0) is 13.6. The molecule has 8 heteroatoms. The maximum absolute atomic E-state index is 12.1.